The standard InChI is InChI=1S/C29H40N6O4S/c1-7-28(3,4)27(37)34-16-9-10-20(18-34)22-14-13-21(25(31-22)35-17-15-19(2)29(35,5)6)26(36)33-40(38,39)24-12-8-11-23(30)32-24/h8,10-14,19H,7,9,15-18H2,1-6H3,(H2,30,32)(H,33,36). The van der Waals surface area contributed by atoms with Gasteiger partial charge in [-0.05, 0) is 68.9 Å². The highest BCUT2D eigenvalue weighted by Crippen LogP contribution is 2.39. The number of sulfonamides is 1. The highest BCUT2D eigenvalue weighted by atomic mass is 32.2. The summed E-state index contributed by atoms with van der Waals surface area (Å²) in [6.45, 7) is 14.0. The molecule has 0 bridgehead atoms. The van der Waals surface area contributed by atoms with Crippen LogP contribution in [0.4, 0.5) is 11.6 Å². The van der Waals surface area contributed by atoms with Gasteiger partial charge in [-0.1, -0.05) is 39.8 Å². The molecular weight excluding hydrogens is 528 g/mol. The molecule has 2 amide bonds. The van der Waals surface area contributed by atoms with Crippen LogP contribution in [0.2, 0.25) is 0 Å². The molecule has 3 N–H and O–H groups in total. The van der Waals surface area contributed by atoms with Gasteiger partial charge in [-0.3, -0.25) is 9.59 Å². The molecule has 216 valence electrons. The summed E-state index contributed by atoms with van der Waals surface area (Å²) in [5.74, 6) is 0.0792. The Labute approximate surface area is 237 Å². The molecule has 1 fully saturated rings. The molecule has 0 aliphatic carbocycles. The number of carbonyl (C=O) groups is 2. The maximum atomic E-state index is 13.5. The predicted molar refractivity (Wildman–Crippen MR) is 156 cm³/mol. The number of nitrogen functional groups attached to an aromatic ring is 1. The van der Waals surface area contributed by atoms with Crippen LogP contribution in [0.5, 0.6) is 0 Å². The Balaban J connectivity index is 1.71. The van der Waals surface area contributed by atoms with Gasteiger partial charge in [-0.25, -0.2) is 14.7 Å². The average Bonchev–Trinajstić information content (AvgIpc) is 3.19. The molecule has 2 aliphatic heterocycles. The summed E-state index contributed by atoms with van der Waals surface area (Å²) in [6.07, 6.45) is 4.44. The summed E-state index contributed by atoms with van der Waals surface area (Å²) in [6, 6.07) is 7.55. The van der Waals surface area contributed by atoms with Crippen molar-refractivity contribution in [1.29, 1.82) is 0 Å². The summed E-state index contributed by atoms with van der Waals surface area (Å²) < 4.78 is 28.1. The SMILES string of the molecule is CCC(C)(C)C(=O)N1CCC=C(c2ccc(C(=O)NS(=O)(=O)c3cccc(N)n3)c(N3CCC(C)C3(C)C)n2)C1. The molecule has 1 atom stereocenters. The minimum absolute atomic E-state index is 0.0328. The van der Waals surface area contributed by atoms with E-state index in [9.17, 15) is 18.0 Å². The molecule has 0 saturated carbocycles. The van der Waals surface area contributed by atoms with E-state index in [1.165, 1.54) is 18.2 Å². The molecule has 2 aromatic rings. The summed E-state index contributed by atoms with van der Waals surface area (Å²) >= 11 is 0. The van der Waals surface area contributed by atoms with Crippen LogP contribution in [0.25, 0.3) is 5.57 Å². The zero-order valence-electron chi connectivity index (χ0n) is 24.2. The second-order valence-electron chi connectivity index (χ2n) is 11.9. The van der Waals surface area contributed by atoms with E-state index in [0.717, 1.165) is 18.4 Å². The maximum Gasteiger partial charge on any atom is 0.281 e. The van der Waals surface area contributed by atoms with Crippen LogP contribution in [-0.2, 0) is 14.8 Å². The molecular formula is C29H40N6O4S. The van der Waals surface area contributed by atoms with Gasteiger partial charge in [0.15, 0.2) is 5.03 Å². The van der Waals surface area contributed by atoms with E-state index in [0.29, 0.717) is 43.5 Å². The van der Waals surface area contributed by atoms with E-state index in [4.69, 9.17) is 10.7 Å². The first-order valence-electron chi connectivity index (χ1n) is 13.7. The quantitative estimate of drug-likeness (QED) is 0.514. The number of nitrogens with zero attached hydrogens (tertiary/aromatic N) is 4. The Morgan fingerprint density at radius 2 is 1.88 bits per heavy atom. The molecule has 4 heterocycles. The van der Waals surface area contributed by atoms with Gasteiger partial charge in [0.2, 0.25) is 5.91 Å². The molecule has 2 aromatic heterocycles. The van der Waals surface area contributed by atoms with Crippen LogP contribution in [0.1, 0.15) is 76.9 Å². The Bertz CT molecular complexity index is 1450. The van der Waals surface area contributed by atoms with E-state index in [1.54, 1.807) is 12.1 Å². The smallest absolute Gasteiger partial charge is 0.281 e. The topological polar surface area (TPSA) is 139 Å². The van der Waals surface area contributed by atoms with Gasteiger partial charge >= 0.3 is 0 Å². The first-order valence-corrected chi connectivity index (χ1v) is 15.2. The minimum Gasteiger partial charge on any atom is -0.384 e. The lowest BCUT2D eigenvalue weighted by molar-refractivity contribution is -0.140. The number of rotatable bonds is 7. The van der Waals surface area contributed by atoms with Gasteiger partial charge in [0.05, 0.1) is 11.3 Å². The predicted octanol–water partition coefficient (Wildman–Crippen LogP) is 3.85. The zero-order valence-corrected chi connectivity index (χ0v) is 25.0. The number of carbonyl (C=O) groups excluding carboxylic acids is 2. The number of pyridine rings is 2. The number of hydrogen-bond donors (Lipinski definition) is 2. The fraction of sp³-hybridized carbons (Fsp3) is 0.517. The lowest BCUT2D eigenvalue weighted by Crippen LogP contribution is -2.44. The number of amides is 2. The van der Waals surface area contributed by atoms with E-state index in [1.807, 2.05) is 25.7 Å². The summed E-state index contributed by atoms with van der Waals surface area (Å²) in [4.78, 5) is 39.4. The van der Waals surface area contributed by atoms with Crippen molar-refractivity contribution in [3.05, 3.63) is 47.7 Å². The molecule has 2 aliphatic rings. The van der Waals surface area contributed by atoms with Gasteiger partial charge < -0.3 is 15.5 Å². The molecule has 1 unspecified atom stereocenters. The number of anilines is 2. The molecule has 4 rings (SSSR count). The van der Waals surface area contributed by atoms with Gasteiger partial charge in [0.25, 0.3) is 15.9 Å². The van der Waals surface area contributed by atoms with Crippen molar-refractivity contribution in [1.82, 2.24) is 19.6 Å². The fourth-order valence-electron chi connectivity index (χ4n) is 5.11. The lowest BCUT2D eigenvalue weighted by atomic mass is 9.87. The van der Waals surface area contributed by atoms with Crippen molar-refractivity contribution in [2.75, 3.05) is 30.3 Å². The summed E-state index contributed by atoms with van der Waals surface area (Å²) in [7, 11) is -4.27. The molecule has 0 spiro atoms. The third-order valence-corrected chi connectivity index (χ3v) is 9.77. The molecule has 40 heavy (non-hydrogen) atoms. The normalized spacial score (nSPS) is 19.4. The number of hydrogen-bond acceptors (Lipinski definition) is 8. The van der Waals surface area contributed by atoms with E-state index in [2.05, 4.69) is 41.5 Å². The van der Waals surface area contributed by atoms with Gasteiger partial charge in [-0.15, -0.1) is 0 Å². The first-order chi connectivity index (χ1) is 18.7. The van der Waals surface area contributed by atoms with Crippen LogP contribution < -0.4 is 15.4 Å². The average molecular weight is 569 g/mol. The molecule has 11 heteroatoms. The summed E-state index contributed by atoms with van der Waals surface area (Å²) in [5.41, 5.74) is 6.60. The Morgan fingerprint density at radius 1 is 1.15 bits per heavy atom. The van der Waals surface area contributed by atoms with Gasteiger partial charge in [0, 0.05) is 30.6 Å². The lowest BCUT2D eigenvalue weighted by Gasteiger charge is -2.37. The zero-order chi connectivity index (χ0) is 29.5. The van der Waals surface area contributed by atoms with Crippen LogP contribution in [0.3, 0.4) is 0 Å². The van der Waals surface area contributed by atoms with Crippen molar-refractivity contribution >= 4 is 39.0 Å². The highest BCUT2D eigenvalue weighted by molar-refractivity contribution is 7.90. The van der Waals surface area contributed by atoms with Crippen LogP contribution in [-0.4, -0.2) is 60.3 Å². The highest BCUT2D eigenvalue weighted by Gasteiger charge is 2.41. The van der Waals surface area contributed by atoms with E-state index in [-0.39, 0.29) is 27.9 Å². The minimum atomic E-state index is -4.27. The number of nitrogens with two attached hydrogens (primary N) is 1. The van der Waals surface area contributed by atoms with Crippen LogP contribution in [0.15, 0.2) is 41.4 Å². The van der Waals surface area contributed by atoms with Crippen molar-refractivity contribution < 1.29 is 18.0 Å². The third kappa shape index (κ3) is 5.70. The van der Waals surface area contributed by atoms with Gasteiger partial charge in [-0.2, -0.15) is 8.42 Å². The fourth-order valence-corrected chi connectivity index (χ4v) is 6.05. The Kier molecular flexibility index (Phi) is 7.99. The van der Waals surface area contributed by atoms with Crippen molar-refractivity contribution in [3.63, 3.8) is 0 Å². The molecule has 0 radical (unpaired) electrons. The first kappa shape index (κ1) is 29.5. The van der Waals surface area contributed by atoms with Gasteiger partial charge in [0.1, 0.15) is 11.6 Å². The largest absolute Gasteiger partial charge is 0.384 e. The number of aromatic nitrogens is 2. The third-order valence-electron chi connectivity index (χ3n) is 8.54. The molecule has 10 nitrogen and oxygen atoms in total. The van der Waals surface area contributed by atoms with Crippen LogP contribution >= 0.6 is 0 Å². The second-order valence-corrected chi connectivity index (χ2v) is 13.5. The van der Waals surface area contributed by atoms with Crippen molar-refractivity contribution in [2.45, 2.75) is 71.4 Å². The van der Waals surface area contributed by atoms with E-state index >= 15 is 0 Å². The van der Waals surface area contributed by atoms with Crippen LogP contribution in [0, 0.1) is 11.3 Å². The van der Waals surface area contributed by atoms with Crippen molar-refractivity contribution in [3.8, 4) is 0 Å². The summed E-state index contributed by atoms with van der Waals surface area (Å²) in [5, 5.41) is -0.339. The monoisotopic (exact) mass is 568 g/mol. The second kappa shape index (κ2) is 10.8. The Hall–Kier alpha value is -3.47. The molecule has 0 aromatic carbocycles. The maximum absolute atomic E-state index is 13.5. The Morgan fingerprint density at radius 3 is 2.50 bits per heavy atom. The van der Waals surface area contributed by atoms with Crippen molar-refractivity contribution in [2.24, 2.45) is 11.3 Å². The van der Waals surface area contributed by atoms with E-state index < -0.39 is 21.3 Å². The number of nitrogens with one attached hydrogen (secondary N) is 1. The molecule has 1 saturated heterocycles.